The third-order valence-electron chi connectivity index (χ3n) is 5.04. The molecule has 3 aromatic rings. The minimum atomic E-state index is -3.71. The maximum Gasteiger partial charge on any atom is 0.264 e. The maximum absolute atomic E-state index is 12.9. The van der Waals surface area contributed by atoms with Gasteiger partial charge in [-0.05, 0) is 36.6 Å². The molecule has 150 valence electrons. The predicted molar refractivity (Wildman–Crippen MR) is 113 cm³/mol. The zero-order valence-corrected chi connectivity index (χ0v) is 17.5. The molecule has 2 aromatic carbocycles. The number of piperazine rings is 1. The van der Waals surface area contributed by atoms with Crippen LogP contribution >= 0.6 is 11.3 Å². The van der Waals surface area contributed by atoms with Gasteiger partial charge in [0, 0.05) is 36.4 Å². The van der Waals surface area contributed by atoms with E-state index in [2.05, 4.69) is 0 Å². The fourth-order valence-electron chi connectivity index (χ4n) is 3.40. The van der Waals surface area contributed by atoms with Gasteiger partial charge in [0.1, 0.15) is 0 Å². The number of hydrogen-bond acceptors (Lipinski definition) is 5. The number of nitrogens with zero attached hydrogens (tertiary/aromatic N) is 2. The van der Waals surface area contributed by atoms with E-state index >= 15 is 0 Å². The van der Waals surface area contributed by atoms with Gasteiger partial charge in [-0.15, -0.1) is 11.3 Å². The Kier molecular flexibility index (Phi) is 5.24. The molecule has 6 nitrogen and oxygen atoms in total. The van der Waals surface area contributed by atoms with Crippen molar-refractivity contribution in [3.63, 3.8) is 0 Å². The van der Waals surface area contributed by atoms with Gasteiger partial charge in [0.15, 0.2) is 5.78 Å². The van der Waals surface area contributed by atoms with Crippen molar-refractivity contribution in [1.29, 1.82) is 0 Å². The van der Waals surface area contributed by atoms with Gasteiger partial charge in [-0.3, -0.25) is 9.59 Å². The zero-order chi connectivity index (χ0) is 20.6. The minimum Gasteiger partial charge on any atom is -0.335 e. The van der Waals surface area contributed by atoms with Crippen LogP contribution in [-0.2, 0) is 10.0 Å². The summed E-state index contributed by atoms with van der Waals surface area (Å²) in [7, 11) is -3.71. The lowest BCUT2D eigenvalue weighted by atomic mass is 10.2. The van der Waals surface area contributed by atoms with Gasteiger partial charge in [0.25, 0.3) is 5.91 Å². The van der Waals surface area contributed by atoms with Gasteiger partial charge < -0.3 is 4.90 Å². The van der Waals surface area contributed by atoms with Crippen molar-refractivity contribution in [1.82, 2.24) is 9.21 Å². The normalized spacial score (nSPS) is 15.6. The molecule has 8 heteroatoms. The summed E-state index contributed by atoms with van der Waals surface area (Å²) in [5.41, 5.74) is 0.365. The molecule has 1 amide bonds. The van der Waals surface area contributed by atoms with Crippen LogP contribution in [0.3, 0.4) is 0 Å². The summed E-state index contributed by atoms with van der Waals surface area (Å²) in [6.07, 6.45) is 0. The lowest BCUT2D eigenvalue weighted by Gasteiger charge is -2.33. The van der Waals surface area contributed by atoms with E-state index in [0.29, 0.717) is 23.5 Å². The van der Waals surface area contributed by atoms with E-state index in [1.165, 1.54) is 34.7 Å². The SMILES string of the molecule is CC(=O)c1cccc(S(=O)(=O)N2CCN(C(=O)c3cc4ccccc4s3)CC2)c1. The number of fused-ring (bicyclic) bond motifs is 1. The summed E-state index contributed by atoms with van der Waals surface area (Å²) >= 11 is 1.45. The van der Waals surface area contributed by atoms with Crippen molar-refractivity contribution in [2.75, 3.05) is 26.2 Å². The summed E-state index contributed by atoms with van der Waals surface area (Å²) in [5.74, 6) is -0.248. The number of ketones is 1. The molecule has 29 heavy (non-hydrogen) atoms. The molecule has 1 fully saturated rings. The molecule has 1 saturated heterocycles. The number of hydrogen-bond donors (Lipinski definition) is 0. The van der Waals surface area contributed by atoms with Crippen LogP contribution in [0, 0.1) is 0 Å². The summed E-state index contributed by atoms with van der Waals surface area (Å²) in [5, 5.41) is 1.03. The van der Waals surface area contributed by atoms with Crippen molar-refractivity contribution >= 4 is 43.1 Å². The minimum absolute atomic E-state index is 0.0678. The average Bonchev–Trinajstić information content (AvgIpc) is 3.17. The van der Waals surface area contributed by atoms with E-state index in [-0.39, 0.29) is 29.7 Å². The first-order valence-electron chi connectivity index (χ1n) is 9.25. The Morgan fingerprint density at radius 3 is 2.34 bits per heavy atom. The van der Waals surface area contributed by atoms with Crippen LogP contribution < -0.4 is 0 Å². The Balaban J connectivity index is 1.48. The summed E-state index contributed by atoms with van der Waals surface area (Å²) < 4.78 is 28.3. The Morgan fingerprint density at radius 1 is 0.931 bits per heavy atom. The third-order valence-corrected chi connectivity index (χ3v) is 8.04. The van der Waals surface area contributed by atoms with E-state index in [9.17, 15) is 18.0 Å². The van der Waals surface area contributed by atoms with Gasteiger partial charge >= 0.3 is 0 Å². The standard InChI is InChI=1S/C21H20N2O4S2/c1-15(24)16-6-4-7-18(13-16)29(26,27)23-11-9-22(10-12-23)21(25)20-14-17-5-2-3-8-19(17)28-20/h2-8,13-14H,9-12H2,1H3. The molecule has 0 N–H and O–H groups in total. The number of sulfonamides is 1. The van der Waals surface area contributed by atoms with Gasteiger partial charge in [-0.25, -0.2) is 8.42 Å². The number of carbonyl (C=O) groups is 2. The van der Waals surface area contributed by atoms with Gasteiger partial charge in [-0.2, -0.15) is 4.31 Å². The van der Waals surface area contributed by atoms with E-state index in [1.54, 1.807) is 17.0 Å². The van der Waals surface area contributed by atoms with Gasteiger partial charge in [0.05, 0.1) is 9.77 Å². The third kappa shape index (κ3) is 3.83. The lowest BCUT2D eigenvalue weighted by molar-refractivity contribution is 0.0702. The van der Waals surface area contributed by atoms with Crippen molar-refractivity contribution in [2.24, 2.45) is 0 Å². The van der Waals surface area contributed by atoms with Crippen molar-refractivity contribution in [3.05, 3.63) is 65.0 Å². The molecule has 1 aliphatic heterocycles. The number of carbonyl (C=O) groups excluding carboxylic acids is 2. The Labute approximate surface area is 173 Å². The average molecular weight is 429 g/mol. The molecule has 1 aromatic heterocycles. The smallest absolute Gasteiger partial charge is 0.264 e. The monoisotopic (exact) mass is 428 g/mol. The molecule has 0 saturated carbocycles. The number of rotatable bonds is 4. The highest BCUT2D eigenvalue weighted by molar-refractivity contribution is 7.89. The second kappa shape index (κ2) is 7.70. The van der Waals surface area contributed by atoms with E-state index in [0.717, 1.165) is 10.1 Å². The first-order valence-corrected chi connectivity index (χ1v) is 11.5. The van der Waals surface area contributed by atoms with Crippen LogP contribution in [0.2, 0.25) is 0 Å². The molecule has 2 heterocycles. The largest absolute Gasteiger partial charge is 0.335 e. The molecule has 0 bridgehead atoms. The van der Waals surface area contributed by atoms with E-state index in [1.807, 2.05) is 30.3 Å². The van der Waals surface area contributed by atoms with Crippen molar-refractivity contribution < 1.29 is 18.0 Å². The van der Waals surface area contributed by atoms with Crippen LogP contribution in [0.4, 0.5) is 0 Å². The molecule has 0 aliphatic carbocycles. The molecule has 0 radical (unpaired) electrons. The second-order valence-electron chi connectivity index (χ2n) is 6.93. The predicted octanol–water partition coefficient (Wildman–Crippen LogP) is 3.25. The summed E-state index contributed by atoms with van der Waals surface area (Å²) in [4.78, 5) is 26.9. The number of thiophene rings is 1. The molecular formula is C21H20N2O4S2. The molecule has 1 aliphatic rings. The van der Waals surface area contributed by atoms with Crippen LogP contribution in [0.15, 0.2) is 59.5 Å². The Bertz CT molecular complexity index is 1160. The second-order valence-corrected chi connectivity index (χ2v) is 9.95. The molecule has 0 unspecified atom stereocenters. The summed E-state index contributed by atoms with van der Waals surface area (Å²) in [6.45, 7) is 2.52. The molecular weight excluding hydrogens is 408 g/mol. The first kappa shape index (κ1) is 19.8. The molecule has 0 spiro atoms. The van der Waals surface area contributed by atoms with Crippen LogP contribution in [-0.4, -0.2) is 55.5 Å². The highest BCUT2D eigenvalue weighted by Gasteiger charge is 2.31. The maximum atomic E-state index is 12.9. The van der Waals surface area contributed by atoms with Gasteiger partial charge in [0.2, 0.25) is 10.0 Å². The van der Waals surface area contributed by atoms with Crippen molar-refractivity contribution in [2.45, 2.75) is 11.8 Å². The lowest BCUT2D eigenvalue weighted by Crippen LogP contribution is -2.50. The highest BCUT2D eigenvalue weighted by Crippen LogP contribution is 2.27. The zero-order valence-electron chi connectivity index (χ0n) is 15.9. The fraction of sp³-hybridized carbons (Fsp3) is 0.238. The number of amides is 1. The van der Waals surface area contributed by atoms with Crippen LogP contribution in [0.25, 0.3) is 10.1 Å². The topological polar surface area (TPSA) is 74.8 Å². The van der Waals surface area contributed by atoms with Gasteiger partial charge in [-0.1, -0.05) is 30.3 Å². The van der Waals surface area contributed by atoms with E-state index < -0.39 is 10.0 Å². The molecule has 4 rings (SSSR count). The Hall–Kier alpha value is -2.55. The molecule has 0 atom stereocenters. The Morgan fingerprint density at radius 2 is 1.66 bits per heavy atom. The fourth-order valence-corrected chi connectivity index (χ4v) is 5.90. The highest BCUT2D eigenvalue weighted by atomic mass is 32.2. The summed E-state index contributed by atoms with van der Waals surface area (Å²) in [6, 6.07) is 15.8. The van der Waals surface area contributed by atoms with Crippen LogP contribution in [0.1, 0.15) is 27.0 Å². The van der Waals surface area contributed by atoms with Crippen molar-refractivity contribution in [3.8, 4) is 0 Å². The van der Waals surface area contributed by atoms with E-state index in [4.69, 9.17) is 0 Å². The quantitative estimate of drug-likeness (QED) is 0.598. The number of benzene rings is 2. The first-order chi connectivity index (χ1) is 13.9. The van der Waals surface area contributed by atoms with Crippen LogP contribution in [0.5, 0.6) is 0 Å². The number of Topliss-reactive ketones (excluding diaryl/α,β-unsaturated/α-hetero) is 1.